The highest BCUT2D eigenvalue weighted by Gasteiger charge is 2.11. The van der Waals surface area contributed by atoms with E-state index in [-0.39, 0.29) is 5.78 Å². The first kappa shape index (κ1) is 11.1. The van der Waals surface area contributed by atoms with Crippen LogP contribution in [0.4, 0.5) is 5.82 Å². The second-order valence-corrected chi connectivity index (χ2v) is 4.36. The zero-order valence-corrected chi connectivity index (χ0v) is 9.78. The summed E-state index contributed by atoms with van der Waals surface area (Å²) in [6.45, 7) is 3.73. The number of hydrogen-bond acceptors (Lipinski definition) is 3. The second kappa shape index (κ2) is 5.10. The van der Waals surface area contributed by atoms with Crippen molar-refractivity contribution in [3.63, 3.8) is 0 Å². The summed E-state index contributed by atoms with van der Waals surface area (Å²) in [5.74, 6) is 1.06. The normalized spacial score (nSPS) is 16.9. The van der Waals surface area contributed by atoms with Crippen molar-refractivity contribution in [2.24, 2.45) is 0 Å². The average Bonchev–Trinajstić information content (AvgIpc) is 2.57. The lowest BCUT2D eigenvalue weighted by Crippen LogP contribution is -2.25. The van der Waals surface area contributed by atoms with E-state index in [1.165, 1.54) is 25.7 Å². The van der Waals surface area contributed by atoms with Crippen molar-refractivity contribution >= 4 is 11.6 Å². The molecule has 0 bridgehead atoms. The molecule has 3 nitrogen and oxygen atoms in total. The first-order valence-electron chi connectivity index (χ1n) is 5.99. The molecule has 0 spiro atoms. The highest BCUT2D eigenvalue weighted by molar-refractivity contribution is 5.94. The maximum Gasteiger partial charge on any atom is 0.159 e. The van der Waals surface area contributed by atoms with Crippen LogP contribution < -0.4 is 4.90 Å². The second-order valence-electron chi connectivity index (χ2n) is 4.36. The fraction of sp³-hybridized carbons (Fsp3) is 0.538. The molecule has 16 heavy (non-hydrogen) atoms. The van der Waals surface area contributed by atoms with Gasteiger partial charge >= 0.3 is 0 Å². The SMILES string of the molecule is CC(=O)c1ccnc(N2CCCCCC2)c1. The Balaban J connectivity index is 2.18. The van der Waals surface area contributed by atoms with Gasteiger partial charge in [-0.2, -0.15) is 0 Å². The third kappa shape index (κ3) is 2.60. The molecule has 1 aromatic heterocycles. The lowest BCUT2D eigenvalue weighted by atomic mass is 10.2. The maximum absolute atomic E-state index is 11.3. The smallest absolute Gasteiger partial charge is 0.159 e. The number of hydrogen-bond donors (Lipinski definition) is 0. The first-order valence-corrected chi connectivity index (χ1v) is 5.99. The van der Waals surface area contributed by atoms with E-state index in [2.05, 4.69) is 9.88 Å². The molecule has 0 N–H and O–H groups in total. The van der Waals surface area contributed by atoms with Gasteiger partial charge in [0, 0.05) is 24.8 Å². The minimum atomic E-state index is 0.110. The number of ketones is 1. The van der Waals surface area contributed by atoms with Gasteiger partial charge in [-0.3, -0.25) is 4.79 Å². The third-order valence-corrected chi connectivity index (χ3v) is 3.08. The molecule has 1 fully saturated rings. The number of pyridine rings is 1. The number of nitrogens with zero attached hydrogens (tertiary/aromatic N) is 2. The van der Waals surface area contributed by atoms with Crippen LogP contribution in [0.15, 0.2) is 18.3 Å². The topological polar surface area (TPSA) is 33.2 Å². The van der Waals surface area contributed by atoms with Crippen molar-refractivity contribution < 1.29 is 4.79 Å². The average molecular weight is 218 g/mol. The molecule has 0 amide bonds. The zero-order valence-electron chi connectivity index (χ0n) is 9.78. The zero-order chi connectivity index (χ0) is 11.4. The van der Waals surface area contributed by atoms with Crippen LogP contribution in [0.3, 0.4) is 0 Å². The molecule has 1 aliphatic heterocycles. The van der Waals surface area contributed by atoms with Gasteiger partial charge in [0.2, 0.25) is 0 Å². The van der Waals surface area contributed by atoms with Crippen molar-refractivity contribution in [1.29, 1.82) is 0 Å². The molecule has 0 unspecified atom stereocenters. The first-order chi connectivity index (χ1) is 7.77. The van der Waals surface area contributed by atoms with Crippen molar-refractivity contribution in [2.75, 3.05) is 18.0 Å². The van der Waals surface area contributed by atoms with E-state index < -0.39 is 0 Å². The van der Waals surface area contributed by atoms with Crippen LogP contribution in [0, 0.1) is 0 Å². The minimum Gasteiger partial charge on any atom is -0.357 e. The Kier molecular flexibility index (Phi) is 3.54. The van der Waals surface area contributed by atoms with E-state index in [1.807, 2.05) is 6.07 Å². The van der Waals surface area contributed by atoms with Crippen LogP contribution >= 0.6 is 0 Å². The summed E-state index contributed by atoms with van der Waals surface area (Å²) in [5.41, 5.74) is 0.759. The van der Waals surface area contributed by atoms with E-state index in [4.69, 9.17) is 0 Å². The van der Waals surface area contributed by atoms with Crippen molar-refractivity contribution in [3.05, 3.63) is 23.9 Å². The molecular weight excluding hydrogens is 200 g/mol. The molecule has 1 saturated heterocycles. The molecule has 0 radical (unpaired) electrons. The van der Waals surface area contributed by atoms with Crippen molar-refractivity contribution in [3.8, 4) is 0 Å². The molecule has 0 atom stereocenters. The molecule has 86 valence electrons. The molecule has 3 heteroatoms. The van der Waals surface area contributed by atoms with E-state index in [0.29, 0.717) is 0 Å². The monoisotopic (exact) mass is 218 g/mol. The highest BCUT2D eigenvalue weighted by Crippen LogP contribution is 2.18. The fourth-order valence-corrected chi connectivity index (χ4v) is 2.11. The van der Waals surface area contributed by atoms with Crippen LogP contribution in [-0.2, 0) is 0 Å². The summed E-state index contributed by atoms with van der Waals surface area (Å²) >= 11 is 0. The molecule has 1 aliphatic rings. The lowest BCUT2D eigenvalue weighted by Gasteiger charge is -2.21. The number of Topliss-reactive ketones (excluding diaryl/α,β-unsaturated/α-hetero) is 1. The number of anilines is 1. The van der Waals surface area contributed by atoms with Gasteiger partial charge in [0.25, 0.3) is 0 Å². The van der Waals surface area contributed by atoms with Gasteiger partial charge in [-0.1, -0.05) is 12.8 Å². The molecule has 1 aromatic rings. The Morgan fingerprint density at radius 3 is 2.56 bits per heavy atom. The largest absolute Gasteiger partial charge is 0.357 e. The van der Waals surface area contributed by atoms with Gasteiger partial charge in [-0.05, 0) is 31.9 Å². The maximum atomic E-state index is 11.3. The number of aromatic nitrogens is 1. The number of carbonyl (C=O) groups excluding carboxylic acids is 1. The van der Waals surface area contributed by atoms with Crippen LogP contribution in [0.5, 0.6) is 0 Å². The van der Waals surface area contributed by atoms with Gasteiger partial charge in [0.1, 0.15) is 5.82 Å². The number of rotatable bonds is 2. The lowest BCUT2D eigenvalue weighted by molar-refractivity contribution is 0.101. The van der Waals surface area contributed by atoms with Gasteiger partial charge in [0.15, 0.2) is 5.78 Å². The van der Waals surface area contributed by atoms with Crippen LogP contribution in [0.1, 0.15) is 43.0 Å². The summed E-state index contributed by atoms with van der Waals surface area (Å²) in [6.07, 6.45) is 6.81. The van der Waals surface area contributed by atoms with Crippen LogP contribution in [-0.4, -0.2) is 23.9 Å². The molecule has 0 saturated carbocycles. The molecular formula is C13H18N2O. The van der Waals surface area contributed by atoms with Gasteiger partial charge < -0.3 is 4.90 Å². The molecule has 2 heterocycles. The van der Waals surface area contributed by atoms with Gasteiger partial charge in [-0.25, -0.2) is 4.98 Å². The van der Waals surface area contributed by atoms with E-state index in [1.54, 1.807) is 19.2 Å². The summed E-state index contributed by atoms with van der Waals surface area (Å²) in [6, 6.07) is 3.69. The molecule has 2 rings (SSSR count). The van der Waals surface area contributed by atoms with Crippen LogP contribution in [0.2, 0.25) is 0 Å². The van der Waals surface area contributed by atoms with E-state index in [9.17, 15) is 4.79 Å². The quantitative estimate of drug-likeness (QED) is 0.715. The van der Waals surface area contributed by atoms with Crippen molar-refractivity contribution in [2.45, 2.75) is 32.6 Å². The Hall–Kier alpha value is -1.38. The summed E-state index contributed by atoms with van der Waals surface area (Å²) in [4.78, 5) is 18.0. The van der Waals surface area contributed by atoms with Gasteiger partial charge in [-0.15, -0.1) is 0 Å². The van der Waals surface area contributed by atoms with E-state index >= 15 is 0 Å². The standard InChI is InChI=1S/C13H18N2O/c1-11(16)12-6-7-14-13(10-12)15-8-4-2-3-5-9-15/h6-7,10H,2-5,8-9H2,1H3. The predicted octanol–water partition coefficient (Wildman–Crippen LogP) is 2.66. The van der Waals surface area contributed by atoms with Gasteiger partial charge in [0.05, 0.1) is 0 Å². The summed E-state index contributed by atoms with van der Waals surface area (Å²) < 4.78 is 0. The van der Waals surface area contributed by atoms with Crippen molar-refractivity contribution in [1.82, 2.24) is 4.98 Å². The number of carbonyl (C=O) groups is 1. The molecule has 0 aromatic carbocycles. The van der Waals surface area contributed by atoms with E-state index in [0.717, 1.165) is 24.5 Å². The Bertz CT molecular complexity index is 368. The Morgan fingerprint density at radius 1 is 1.25 bits per heavy atom. The summed E-state index contributed by atoms with van der Waals surface area (Å²) in [5, 5.41) is 0. The third-order valence-electron chi connectivity index (χ3n) is 3.08. The molecule has 0 aliphatic carbocycles. The Morgan fingerprint density at radius 2 is 1.94 bits per heavy atom. The minimum absolute atomic E-state index is 0.110. The summed E-state index contributed by atoms with van der Waals surface area (Å²) in [7, 11) is 0. The fourth-order valence-electron chi connectivity index (χ4n) is 2.11. The Labute approximate surface area is 96.5 Å². The highest BCUT2D eigenvalue weighted by atomic mass is 16.1. The predicted molar refractivity (Wildman–Crippen MR) is 64.9 cm³/mol. The van der Waals surface area contributed by atoms with Crippen LogP contribution in [0.25, 0.3) is 0 Å².